The number of aliphatic hydroxyl groups excluding tert-OH is 1. The van der Waals surface area contributed by atoms with Crippen LogP contribution in [0.1, 0.15) is 26.7 Å². The van der Waals surface area contributed by atoms with Crippen molar-refractivity contribution in [3.63, 3.8) is 0 Å². The summed E-state index contributed by atoms with van der Waals surface area (Å²) in [6.45, 7) is 7.27. The summed E-state index contributed by atoms with van der Waals surface area (Å²) < 4.78 is 5.39. The van der Waals surface area contributed by atoms with Crippen LogP contribution in [0.5, 0.6) is 0 Å². The average molecular weight is 187 g/mol. The van der Waals surface area contributed by atoms with E-state index in [1.807, 2.05) is 0 Å². The lowest BCUT2D eigenvalue weighted by Crippen LogP contribution is -2.47. The van der Waals surface area contributed by atoms with Crippen molar-refractivity contribution in [1.82, 2.24) is 4.90 Å². The Kier molecular flexibility index (Phi) is 4.70. The van der Waals surface area contributed by atoms with E-state index in [0.717, 1.165) is 19.7 Å². The molecule has 1 aliphatic heterocycles. The van der Waals surface area contributed by atoms with Crippen LogP contribution in [0.15, 0.2) is 0 Å². The minimum absolute atomic E-state index is 0.0352. The summed E-state index contributed by atoms with van der Waals surface area (Å²) in [6, 6.07) is 0.628. The summed E-state index contributed by atoms with van der Waals surface area (Å²) in [5.41, 5.74) is 0. The van der Waals surface area contributed by atoms with Gasteiger partial charge in [-0.3, -0.25) is 4.90 Å². The summed E-state index contributed by atoms with van der Waals surface area (Å²) in [4.78, 5) is 2.41. The summed E-state index contributed by atoms with van der Waals surface area (Å²) in [5.74, 6) is 0. The molecule has 1 saturated heterocycles. The van der Waals surface area contributed by atoms with Crippen LogP contribution in [0.25, 0.3) is 0 Å². The van der Waals surface area contributed by atoms with Crippen LogP contribution < -0.4 is 0 Å². The van der Waals surface area contributed by atoms with Gasteiger partial charge in [-0.25, -0.2) is 0 Å². The molecule has 1 rings (SSSR count). The summed E-state index contributed by atoms with van der Waals surface area (Å²) in [7, 11) is 0. The summed E-state index contributed by atoms with van der Waals surface area (Å²) >= 11 is 0. The van der Waals surface area contributed by atoms with Gasteiger partial charge in [-0.2, -0.15) is 0 Å². The normalized spacial score (nSPS) is 27.5. The van der Waals surface area contributed by atoms with Crippen LogP contribution in [0.4, 0.5) is 0 Å². The van der Waals surface area contributed by atoms with Gasteiger partial charge in [-0.15, -0.1) is 0 Å². The van der Waals surface area contributed by atoms with E-state index in [-0.39, 0.29) is 12.7 Å². The van der Waals surface area contributed by atoms with Gasteiger partial charge < -0.3 is 9.84 Å². The number of nitrogens with zero attached hydrogens (tertiary/aromatic N) is 1. The summed E-state index contributed by atoms with van der Waals surface area (Å²) in [5, 5.41) is 8.97. The van der Waals surface area contributed by atoms with E-state index in [1.165, 1.54) is 12.8 Å². The molecule has 3 heteroatoms. The van der Waals surface area contributed by atoms with Gasteiger partial charge in [0.25, 0.3) is 0 Å². The third-order valence-electron chi connectivity index (χ3n) is 2.70. The molecule has 0 aromatic rings. The summed E-state index contributed by atoms with van der Waals surface area (Å²) in [6.07, 6.45) is 2.49. The molecular formula is C10H21NO2. The molecular weight excluding hydrogens is 166 g/mol. The Hall–Kier alpha value is -0.120. The highest BCUT2D eigenvalue weighted by molar-refractivity contribution is 4.75. The first-order valence-corrected chi connectivity index (χ1v) is 5.24. The zero-order valence-corrected chi connectivity index (χ0v) is 8.70. The molecule has 0 amide bonds. The van der Waals surface area contributed by atoms with Gasteiger partial charge in [-0.05, 0) is 13.3 Å². The highest BCUT2D eigenvalue weighted by Crippen LogP contribution is 2.11. The van der Waals surface area contributed by atoms with E-state index in [9.17, 15) is 0 Å². The molecule has 1 N–H and O–H groups in total. The Balaban J connectivity index is 2.32. The Labute approximate surface area is 80.7 Å². The van der Waals surface area contributed by atoms with Crippen molar-refractivity contribution >= 4 is 0 Å². The molecule has 2 unspecified atom stereocenters. The third-order valence-corrected chi connectivity index (χ3v) is 2.70. The lowest BCUT2D eigenvalue weighted by Gasteiger charge is -2.36. The molecule has 0 spiro atoms. The molecule has 1 heterocycles. The molecule has 0 saturated carbocycles. The van der Waals surface area contributed by atoms with E-state index in [4.69, 9.17) is 9.84 Å². The van der Waals surface area contributed by atoms with Crippen LogP contribution >= 0.6 is 0 Å². The number of morpholine rings is 1. The van der Waals surface area contributed by atoms with Crippen LogP contribution in [0, 0.1) is 0 Å². The number of hydrogen-bond acceptors (Lipinski definition) is 3. The molecule has 0 radical (unpaired) electrons. The number of hydrogen-bond donors (Lipinski definition) is 1. The van der Waals surface area contributed by atoms with Crippen molar-refractivity contribution in [3.05, 3.63) is 0 Å². The minimum atomic E-state index is 0.0352. The van der Waals surface area contributed by atoms with E-state index in [0.29, 0.717) is 6.04 Å². The number of aliphatic hydroxyl groups is 1. The van der Waals surface area contributed by atoms with Crippen molar-refractivity contribution < 1.29 is 9.84 Å². The topological polar surface area (TPSA) is 32.7 Å². The van der Waals surface area contributed by atoms with Gasteiger partial charge in [0.15, 0.2) is 0 Å². The first kappa shape index (κ1) is 11.0. The fraction of sp³-hybridized carbons (Fsp3) is 1.00. The third kappa shape index (κ3) is 3.25. The zero-order chi connectivity index (χ0) is 9.68. The van der Waals surface area contributed by atoms with E-state index < -0.39 is 0 Å². The van der Waals surface area contributed by atoms with Crippen LogP contribution in [-0.4, -0.2) is 48.5 Å². The molecule has 78 valence electrons. The zero-order valence-electron chi connectivity index (χ0n) is 8.70. The predicted molar refractivity (Wildman–Crippen MR) is 52.8 cm³/mol. The van der Waals surface area contributed by atoms with Crippen molar-refractivity contribution in [2.45, 2.75) is 38.8 Å². The maximum absolute atomic E-state index is 8.97. The Morgan fingerprint density at radius 3 is 3.00 bits per heavy atom. The van der Waals surface area contributed by atoms with Gasteiger partial charge >= 0.3 is 0 Å². The van der Waals surface area contributed by atoms with E-state index >= 15 is 0 Å². The first-order chi connectivity index (χ1) is 6.27. The van der Waals surface area contributed by atoms with Crippen molar-refractivity contribution in [1.29, 1.82) is 0 Å². The first-order valence-electron chi connectivity index (χ1n) is 5.24. The Morgan fingerprint density at radius 1 is 1.62 bits per heavy atom. The van der Waals surface area contributed by atoms with Crippen molar-refractivity contribution in [3.8, 4) is 0 Å². The quantitative estimate of drug-likeness (QED) is 0.709. The molecule has 0 aromatic carbocycles. The second-order valence-corrected chi connectivity index (χ2v) is 3.81. The highest BCUT2D eigenvalue weighted by atomic mass is 16.5. The maximum Gasteiger partial charge on any atom is 0.0932 e. The molecule has 3 nitrogen and oxygen atoms in total. The molecule has 1 aliphatic rings. The van der Waals surface area contributed by atoms with Crippen LogP contribution in [0.2, 0.25) is 0 Å². The molecule has 1 fully saturated rings. The monoisotopic (exact) mass is 187 g/mol. The second-order valence-electron chi connectivity index (χ2n) is 3.81. The second kappa shape index (κ2) is 5.58. The predicted octanol–water partition coefficient (Wildman–Crippen LogP) is 0.868. The molecule has 0 bridgehead atoms. The molecule has 0 aromatic heterocycles. The maximum atomic E-state index is 8.97. The Bertz CT molecular complexity index is 141. The van der Waals surface area contributed by atoms with Gasteiger partial charge in [0.1, 0.15) is 0 Å². The van der Waals surface area contributed by atoms with Gasteiger partial charge in [-0.1, -0.05) is 13.3 Å². The molecule has 2 atom stereocenters. The number of rotatable bonds is 4. The van der Waals surface area contributed by atoms with Gasteiger partial charge in [0.05, 0.1) is 19.3 Å². The molecule has 13 heavy (non-hydrogen) atoms. The van der Waals surface area contributed by atoms with Crippen LogP contribution in [0.3, 0.4) is 0 Å². The lowest BCUT2D eigenvalue weighted by atomic mass is 10.1. The number of ether oxygens (including phenoxy) is 1. The standard InChI is InChI=1S/C10H21NO2/c1-3-4-9(2)11-5-6-13-10(7-11)8-12/h9-10,12H,3-8H2,1-2H3. The van der Waals surface area contributed by atoms with E-state index in [1.54, 1.807) is 0 Å². The largest absolute Gasteiger partial charge is 0.394 e. The average Bonchev–Trinajstić information content (AvgIpc) is 2.18. The SMILES string of the molecule is CCCC(C)N1CCOC(CO)C1. The van der Waals surface area contributed by atoms with Crippen molar-refractivity contribution in [2.75, 3.05) is 26.3 Å². The van der Waals surface area contributed by atoms with E-state index in [2.05, 4.69) is 18.7 Å². The van der Waals surface area contributed by atoms with Crippen molar-refractivity contribution in [2.24, 2.45) is 0 Å². The highest BCUT2D eigenvalue weighted by Gasteiger charge is 2.22. The minimum Gasteiger partial charge on any atom is -0.394 e. The van der Waals surface area contributed by atoms with Gasteiger partial charge in [0.2, 0.25) is 0 Å². The Morgan fingerprint density at radius 2 is 2.38 bits per heavy atom. The van der Waals surface area contributed by atoms with Gasteiger partial charge in [0, 0.05) is 19.1 Å². The smallest absolute Gasteiger partial charge is 0.0932 e. The lowest BCUT2D eigenvalue weighted by molar-refractivity contribution is -0.0635. The fourth-order valence-electron chi connectivity index (χ4n) is 1.85. The van der Waals surface area contributed by atoms with Crippen LogP contribution in [-0.2, 0) is 4.74 Å². The molecule has 0 aliphatic carbocycles. The fourth-order valence-corrected chi connectivity index (χ4v) is 1.85.